The molecule has 204 valence electrons. The van der Waals surface area contributed by atoms with Gasteiger partial charge in [0.1, 0.15) is 23.7 Å². The topological polar surface area (TPSA) is 141 Å². The highest BCUT2D eigenvalue weighted by Gasteiger charge is 2.33. The molecule has 2 aliphatic rings. The molecule has 3 atom stereocenters. The number of oxime groups is 1. The van der Waals surface area contributed by atoms with Crippen LogP contribution in [-0.2, 0) is 25.7 Å². The third-order valence-electron chi connectivity index (χ3n) is 6.67. The van der Waals surface area contributed by atoms with Gasteiger partial charge in [-0.3, -0.25) is 14.7 Å². The fourth-order valence-corrected chi connectivity index (χ4v) is 4.62. The number of methoxy groups -OCH3 is 1. The SMILES string of the molecule is COCCC(C[C@H]1CC(c2ccc(-c3ccc(N4C[C@H](Cn5ccnn5)OC4=O)cc3F)cn2)=NO1)C(=O)O. The third kappa shape index (κ3) is 6.03. The van der Waals surface area contributed by atoms with Gasteiger partial charge >= 0.3 is 12.1 Å². The van der Waals surface area contributed by atoms with Gasteiger partial charge in [-0.05, 0) is 30.7 Å². The summed E-state index contributed by atoms with van der Waals surface area (Å²) in [5.41, 5.74) is 2.44. The van der Waals surface area contributed by atoms with E-state index in [0.29, 0.717) is 60.6 Å². The van der Waals surface area contributed by atoms with Gasteiger partial charge in [-0.25, -0.2) is 13.9 Å². The van der Waals surface area contributed by atoms with Crippen LogP contribution in [0.2, 0.25) is 0 Å². The number of aromatic nitrogens is 4. The highest BCUT2D eigenvalue weighted by molar-refractivity contribution is 5.99. The lowest BCUT2D eigenvalue weighted by Gasteiger charge is -2.15. The molecule has 5 rings (SSSR count). The van der Waals surface area contributed by atoms with E-state index in [2.05, 4.69) is 20.5 Å². The normalized spacial score (nSPS) is 19.5. The first-order valence-electron chi connectivity index (χ1n) is 12.4. The number of cyclic esters (lactones) is 1. The van der Waals surface area contributed by atoms with Crippen molar-refractivity contribution in [3.8, 4) is 11.1 Å². The molecule has 1 saturated heterocycles. The molecule has 39 heavy (non-hydrogen) atoms. The second kappa shape index (κ2) is 11.6. The van der Waals surface area contributed by atoms with Gasteiger partial charge in [-0.1, -0.05) is 16.4 Å². The van der Waals surface area contributed by atoms with Gasteiger partial charge in [0.15, 0.2) is 0 Å². The Bertz CT molecular complexity index is 1350. The number of carbonyl (C=O) groups is 2. The second-order valence-corrected chi connectivity index (χ2v) is 9.36. The van der Waals surface area contributed by atoms with E-state index in [4.69, 9.17) is 14.3 Å². The Morgan fingerprint density at radius 3 is 2.85 bits per heavy atom. The van der Waals surface area contributed by atoms with E-state index in [0.717, 1.165) is 0 Å². The number of benzene rings is 1. The Morgan fingerprint density at radius 1 is 1.28 bits per heavy atom. The molecule has 0 bridgehead atoms. The van der Waals surface area contributed by atoms with Crippen LogP contribution in [0.4, 0.5) is 14.9 Å². The van der Waals surface area contributed by atoms with E-state index in [1.54, 1.807) is 41.3 Å². The van der Waals surface area contributed by atoms with Crippen molar-refractivity contribution < 1.29 is 33.4 Å². The monoisotopic (exact) mass is 538 g/mol. The summed E-state index contributed by atoms with van der Waals surface area (Å²) in [6, 6.07) is 8.00. The minimum Gasteiger partial charge on any atom is -0.481 e. The summed E-state index contributed by atoms with van der Waals surface area (Å²) in [6.45, 7) is 0.967. The lowest BCUT2D eigenvalue weighted by atomic mass is 9.95. The molecule has 1 fully saturated rings. The summed E-state index contributed by atoms with van der Waals surface area (Å²) in [5.74, 6) is -1.99. The minimum atomic E-state index is -0.896. The number of ether oxygens (including phenoxy) is 2. The number of aliphatic carboxylic acids is 1. The molecule has 12 nitrogen and oxygen atoms in total. The van der Waals surface area contributed by atoms with Crippen molar-refractivity contribution in [2.45, 2.75) is 38.0 Å². The van der Waals surface area contributed by atoms with Gasteiger partial charge in [-0.2, -0.15) is 0 Å². The van der Waals surface area contributed by atoms with Crippen LogP contribution >= 0.6 is 0 Å². The van der Waals surface area contributed by atoms with Gasteiger partial charge < -0.3 is 19.4 Å². The van der Waals surface area contributed by atoms with Crippen LogP contribution in [0.15, 0.2) is 54.1 Å². The molecule has 13 heteroatoms. The molecule has 1 aromatic carbocycles. The Morgan fingerprint density at radius 2 is 2.15 bits per heavy atom. The van der Waals surface area contributed by atoms with Gasteiger partial charge in [0, 0.05) is 50.1 Å². The van der Waals surface area contributed by atoms with Crippen LogP contribution in [0.25, 0.3) is 11.1 Å². The Balaban J connectivity index is 1.21. The number of anilines is 1. The largest absolute Gasteiger partial charge is 0.481 e. The summed E-state index contributed by atoms with van der Waals surface area (Å²) in [7, 11) is 1.53. The van der Waals surface area contributed by atoms with Gasteiger partial charge in [0.2, 0.25) is 0 Å². The number of pyridine rings is 1. The maximum atomic E-state index is 15.1. The zero-order valence-corrected chi connectivity index (χ0v) is 21.1. The van der Waals surface area contributed by atoms with Crippen LogP contribution in [-0.4, -0.2) is 75.3 Å². The predicted octanol–water partition coefficient (Wildman–Crippen LogP) is 3.13. The second-order valence-electron chi connectivity index (χ2n) is 9.36. The zero-order chi connectivity index (χ0) is 27.4. The summed E-state index contributed by atoms with van der Waals surface area (Å²) in [5, 5.41) is 21.1. The van der Waals surface area contributed by atoms with Crippen LogP contribution < -0.4 is 4.90 Å². The number of rotatable bonds is 11. The number of carboxylic acid groups (broad SMARTS) is 1. The van der Waals surface area contributed by atoms with E-state index >= 15 is 4.39 Å². The molecule has 3 aromatic rings. The van der Waals surface area contributed by atoms with Gasteiger partial charge in [0.05, 0.1) is 36.6 Å². The van der Waals surface area contributed by atoms with Crippen LogP contribution in [0.1, 0.15) is 25.0 Å². The highest BCUT2D eigenvalue weighted by Crippen LogP contribution is 2.30. The van der Waals surface area contributed by atoms with E-state index in [1.807, 2.05) is 0 Å². The molecular weight excluding hydrogens is 511 g/mol. The average Bonchev–Trinajstić information content (AvgIpc) is 3.69. The van der Waals surface area contributed by atoms with E-state index in [1.165, 1.54) is 24.3 Å². The first-order chi connectivity index (χ1) is 18.9. The Hall–Kier alpha value is -4.39. The zero-order valence-electron chi connectivity index (χ0n) is 21.1. The van der Waals surface area contributed by atoms with Crippen molar-refractivity contribution >= 4 is 23.5 Å². The van der Waals surface area contributed by atoms with E-state index in [9.17, 15) is 14.7 Å². The maximum absolute atomic E-state index is 15.1. The lowest BCUT2D eigenvalue weighted by Crippen LogP contribution is -2.26. The van der Waals surface area contributed by atoms with Gasteiger partial charge in [0.25, 0.3) is 0 Å². The van der Waals surface area contributed by atoms with Crippen LogP contribution in [0.3, 0.4) is 0 Å². The Kier molecular flexibility index (Phi) is 7.77. The highest BCUT2D eigenvalue weighted by atomic mass is 19.1. The molecule has 1 unspecified atom stereocenters. The van der Waals surface area contributed by atoms with Crippen molar-refractivity contribution in [3.05, 3.63) is 60.4 Å². The van der Waals surface area contributed by atoms with Crippen LogP contribution in [0, 0.1) is 11.7 Å². The number of halogens is 1. The lowest BCUT2D eigenvalue weighted by molar-refractivity contribution is -0.143. The van der Waals surface area contributed by atoms with Crippen molar-refractivity contribution in [2.75, 3.05) is 25.2 Å². The molecule has 2 aromatic heterocycles. The molecule has 0 spiro atoms. The van der Waals surface area contributed by atoms with Gasteiger partial charge in [-0.15, -0.1) is 5.10 Å². The quantitative estimate of drug-likeness (QED) is 0.390. The number of hydrogen-bond acceptors (Lipinski definition) is 9. The molecule has 1 amide bonds. The fraction of sp³-hybridized carbons (Fsp3) is 0.385. The first-order valence-corrected chi connectivity index (χ1v) is 12.4. The van der Waals surface area contributed by atoms with Crippen molar-refractivity contribution in [1.29, 1.82) is 0 Å². The molecule has 1 N–H and O–H groups in total. The third-order valence-corrected chi connectivity index (χ3v) is 6.67. The molecular formula is C26H27FN6O6. The molecule has 0 saturated carbocycles. The van der Waals surface area contributed by atoms with Crippen molar-refractivity contribution in [1.82, 2.24) is 20.0 Å². The first kappa shape index (κ1) is 26.2. The number of nitrogens with zero attached hydrogens (tertiary/aromatic N) is 6. The number of carboxylic acids is 1. The van der Waals surface area contributed by atoms with E-state index in [-0.39, 0.29) is 12.6 Å². The average molecular weight is 539 g/mol. The number of hydrogen-bond donors (Lipinski definition) is 1. The Labute approximate surface area is 223 Å². The summed E-state index contributed by atoms with van der Waals surface area (Å²) in [4.78, 5) is 35.1. The van der Waals surface area contributed by atoms with Crippen LogP contribution in [0.5, 0.6) is 0 Å². The van der Waals surface area contributed by atoms with E-state index < -0.39 is 29.9 Å². The standard InChI is InChI=1S/C26H27FN6O6/c1-37-9-6-16(25(34)35)10-19-12-24(30-39-19)23-5-2-17(13-28-23)21-4-3-18(11-22(21)27)33-15-20(38-26(33)36)14-32-8-7-29-31-32/h2-5,7-8,11,13,16,19-20H,6,9-10,12,14-15H2,1H3,(H,34,35)/t16?,19-,20-/m0/s1. The number of amides is 1. The minimum absolute atomic E-state index is 0.262. The smallest absolute Gasteiger partial charge is 0.414 e. The summed E-state index contributed by atoms with van der Waals surface area (Å²) < 4.78 is 27.1. The van der Waals surface area contributed by atoms with Crippen molar-refractivity contribution in [3.63, 3.8) is 0 Å². The number of carbonyl (C=O) groups excluding carboxylic acids is 1. The summed E-state index contributed by atoms with van der Waals surface area (Å²) in [6.07, 6.45) is 4.54. The fourth-order valence-electron chi connectivity index (χ4n) is 4.62. The molecule has 2 aliphatic heterocycles. The predicted molar refractivity (Wildman–Crippen MR) is 136 cm³/mol. The molecule has 0 radical (unpaired) electrons. The summed E-state index contributed by atoms with van der Waals surface area (Å²) >= 11 is 0. The molecule has 4 heterocycles. The molecule has 0 aliphatic carbocycles. The van der Waals surface area contributed by atoms with Crippen molar-refractivity contribution in [2.24, 2.45) is 11.1 Å². The maximum Gasteiger partial charge on any atom is 0.414 e.